The number of fused-ring (bicyclic) bond motifs is 3. The molecular weight excluding hydrogens is 432 g/mol. The molecule has 0 aliphatic rings. The van der Waals surface area contributed by atoms with Crippen LogP contribution >= 0.6 is 0 Å². The summed E-state index contributed by atoms with van der Waals surface area (Å²) in [7, 11) is 0. The Morgan fingerprint density at radius 3 is 2.35 bits per heavy atom. The van der Waals surface area contributed by atoms with Gasteiger partial charge in [0.2, 0.25) is 0 Å². The zero-order valence-electron chi connectivity index (χ0n) is 19.8. The minimum Gasteiger partial charge on any atom is -0.493 e. The first kappa shape index (κ1) is 23.4. The van der Waals surface area contributed by atoms with Gasteiger partial charge in [-0.3, -0.25) is 14.9 Å². The van der Waals surface area contributed by atoms with Crippen molar-refractivity contribution in [3.05, 3.63) is 81.4 Å². The molecule has 4 aromatic rings. The Hall–Kier alpha value is -3.71. The van der Waals surface area contributed by atoms with Gasteiger partial charge in [-0.25, -0.2) is 0 Å². The molecule has 0 bridgehead atoms. The van der Waals surface area contributed by atoms with Crippen molar-refractivity contribution in [2.75, 3.05) is 6.61 Å². The van der Waals surface area contributed by atoms with Crippen molar-refractivity contribution in [2.24, 2.45) is 0 Å². The van der Waals surface area contributed by atoms with Crippen molar-refractivity contribution < 1.29 is 19.6 Å². The smallest absolute Gasteiger partial charge is 0.270 e. The van der Waals surface area contributed by atoms with Crippen LogP contribution in [0.15, 0.2) is 54.6 Å². The molecule has 0 fully saturated rings. The first-order valence-electron chi connectivity index (χ1n) is 11.3. The van der Waals surface area contributed by atoms with Gasteiger partial charge in [0.25, 0.3) is 5.69 Å². The summed E-state index contributed by atoms with van der Waals surface area (Å²) in [5.74, 6) is 0.525. The van der Waals surface area contributed by atoms with E-state index < -0.39 is 10.5 Å². The quantitative estimate of drug-likeness (QED) is 0.204. The third-order valence-electron chi connectivity index (χ3n) is 6.06. The van der Waals surface area contributed by atoms with Crippen LogP contribution in [0.25, 0.3) is 21.8 Å². The number of benzene rings is 3. The highest BCUT2D eigenvalue weighted by Gasteiger charge is 2.18. The number of rotatable bonds is 8. The minimum atomic E-state index is -0.801. The lowest BCUT2D eigenvalue weighted by Crippen LogP contribution is -2.21. The van der Waals surface area contributed by atoms with E-state index in [0.717, 1.165) is 27.4 Å². The average Bonchev–Trinajstić information content (AvgIpc) is 3.10. The van der Waals surface area contributed by atoms with E-state index in [1.54, 1.807) is 44.2 Å². The van der Waals surface area contributed by atoms with Crippen molar-refractivity contribution in [1.82, 2.24) is 4.57 Å². The van der Waals surface area contributed by atoms with Crippen molar-refractivity contribution in [3.8, 4) is 5.75 Å². The second kappa shape index (κ2) is 8.91. The normalized spacial score (nSPS) is 11.8. The van der Waals surface area contributed by atoms with Gasteiger partial charge in [-0.15, -0.1) is 0 Å². The molecule has 0 amide bonds. The van der Waals surface area contributed by atoms with E-state index in [0.29, 0.717) is 36.4 Å². The Morgan fingerprint density at radius 2 is 1.74 bits per heavy atom. The zero-order chi connectivity index (χ0) is 24.6. The minimum absolute atomic E-state index is 0.0235. The summed E-state index contributed by atoms with van der Waals surface area (Å²) in [6.45, 7) is 8.43. The van der Waals surface area contributed by atoms with Crippen LogP contribution in [-0.4, -0.2) is 32.6 Å². The molecule has 176 valence electrons. The maximum atomic E-state index is 13.4. The van der Waals surface area contributed by atoms with Crippen LogP contribution in [0, 0.1) is 17.0 Å². The molecule has 0 aliphatic carbocycles. The van der Waals surface area contributed by atoms with E-state index in [4.69, 9.17) is 4.74 Å². The van der Waals surface area contributed by atoms with Crippen LogP contribution in [0.4, 0.5) is 5.69 Å². The molecule has 0 spiro atoms. The monoisotopic (exact) mass is 460 g/mol. The van der Waals surface area contributed by atoms with Crippen LogP contribution in [0.2, 0.25) is 0 Å². The molecule has 0 unspecified atom stereocenters. The Labute approximate surface area is 197 Å². The molecule has 0 aliphatic heterocycles. The van der Waals surface area contributed by atoms with Crippen molar-refractivity contribution in [1.29, 1.82) is 0 Å². The van der Waals surface area contributed by atoms with Gasteiger partial charge in [-0.05, 0) is 75.7 Å². The number of hydrogen-bond donors (Lipinski definition) is 1. The average molecular weight is 461 g/mol. The molecule has 0 atom stereocenters. The fraction of sp³-hybridized carbons (Fsp3) is 0.296. The lowest BCUT2D eigenvalue weighted by Gasteiger charge is -2.17. The van der Waals surface area contributed by atoms with Gasteiger partial charge in [0.15, 0.2) is 5.78 Å². The first-order chi connectivity index (χ1) is 16.1. The highest BCUT2D eigenvalue weighted by Crippen LogP contribution is 2.33. The van der Waals surface area contributed by atoms with Gasteiger partial charge in [0, 0.05) is 58.0 Å². The van der Waals surface area contributed by atoms with Crippen LogP contribution in [0.5, 0.6) is 5.75 Å². The number of aliphatic hydroxyl groups is 1. The molecule has 7 nitrogen and oxygen atoms in total. The summed E-state index contributed by atoms with van der Waals surface area (Å²) in [5.41, 5.74) is 2.93. The fourth-order valence-electron chi connectivity index (χ4n) is 4.24. The van der Waals surface area contributed by atoms with Gasteiger partial charge in [-0.1, -0.05) is 0 Å². The van der Waals surface area contributed by atoms with E-state index in [-0.39, 0.29) is 11.5 Å². The lowest BCUT2D eigenvalue weighted by atomic mass is 9.97. The van der Waals surface area contributed by atoms with Gasteiger partial charge in [-0.2, -0.15) is 0 Å². The topological polar surface area (TPSA) is 94.6 Å². The fourth-order valence-corrected chi connectivity index (χ4v) is 4.24. The molecule has 1 heterocycles. The molecule has 4 rings (SSSR count). The van der Waals surface area contributed by atoms with E-state index >= 15 is 0 Å². The summed E-state index contributed by atoms with van der Waals surface area (Å²) in [6.07, 6.45) is 0.496. The zero-order valence-corrected chi connectivity index (χ0v) is 19.8. The molecule has 1 aromatic heterocycles. The number of aromatic nitrogens is 1. The van der Waals surface area contributed by atoms with Gasteiger partial charge in [0.1, 0.15) is 5.75 Å². The highest BCUT2D eigenvalue weighted by atomic mass is 16.6. The number of carbonyl (C=O) groups is 1. The number of nitro benzene ring substituents is 1. The molecule has 1 N–H and O–H groups in total. The van der Waals surface area contributed by atoms with E-state index in [1.807, 2.05) is 32.0 Å². The highest BCUT2D eigenvalue weighted by molar-refractivity contribution is 6.15. The van der Waals surface area contributed by atoms with E-state index in [9.17, 15) is 20.0 Å². The van der Waals surface area contributed by atoms with Crippen molar-refractivity contribution in [2.45, 2.75) is 46.3 Å². The maximum Gasteiger partial charge on any atom is 0.270 e. The second-order valence-corrected chi connectivity index (χ2v) is 9.15. The van der Waals surface area contributed by atoms with Crippen LogP contribution in [-0.2, 0) is 6.54 Å². The van der Waals surface area contributed by atoms with Crippen molar-refractivity contribution >= 4 is 33.3 Å². The number of hydrogen-bond acceptors (Lipinski definition) is 5. The first-order valence-corrected chi connectivity index (χ1v) is 11.3. The third kappa shape index (κ3) is 4.52. The van der Waals surface area contributed by atoms with Crippen LogP contribution < -0.4 is 4.74 Å². The van der Waals surface area contributed by atoms with Gasteiger partial charge in [0.05, 0.1) is 17.1 Å². The molecule has 3 aromatic carbocycles. The lowest BCUT2D eigenvalue weighted by molar-refractivity contribution is -0.384. The number of carbonyl (C=O) groups excluding carboxylic acids is 1. The number of nitro groups is 1. The number of aryl methyl sites for hydroxylation is 2. The van der Waals surface area contributed by atoms with Gasteiger partial charge >= 0.3 is 0 Å². The molecule has 34 heavy (non-hydrogen) atoms. The van der Waals surface area contributed by atoms with E-state index in [1.165, 1.54) is 6.07 Å². The SMILES string of the molecule is CCn1c2ccc(C(=O)c3ccc(OCCC(C)(C)O)cc3C)cc2c2cc([N+](=O)[O-])ccc21. The maximum absolute atomic E-state index is 13.4. The largest absolute Gasteiger partial charge is 0.493 e. The molecule has 0 radical (unpaired) electrons. The Balaban J connectivity index is 1.69. The predicted molar refractivity (Wildman–Crippen MR) is 133 cm³/mol. The standard InChI is InChI=1S/C27H28N2O5/c1-5-28-24-10-6-18(15-22(24)23-16-19(29(32)33)7-11-25(23)28)26(30)21-9-8-20(14-17(21)2)34-13-12-27(3,4)31/h6-11,14-16,31H,5,12-13H2,1-4H3. The summed E-state index contributed by atoms with van der Waals surface area (Å²) >= 11 is 0. The van der Waals surface area contributed by atoms with Crippen LogP contribution in [0.3, 0.4) is 0 Å². The van der Waals surface area contributed by atoms with Crippen molar-refractivity contribution in [3.63, 3.8) is 0 Å². The number of ketones is 1. The Bertz CT molecular complexity index is 1410. The van der Waals surface area contributed by atoms with Gasteiger partial charge < -0.3 is 14.4 Å². The summed E-state index contributed by atoms with van der Waals surface area (Å²) in [6, 6.07) is 15.7. The number of nitrogens with zero attached hydrogens (tertiary/aromatic N) is 2. The Morgan fingerprint density at radius 1 is 1.06 bits per heavy atom. The summed E-state index contributed by atoms with van der Waals surface area (Å²) in [4.78, 5) is 24.3. The Kier molecular flexibility index (Phi) is 6.15. The van der Waals surface area contributed by atoms with E-state index in [2.05, 4.69) is 4.57 Å². The number of ether oxygens (including phenoxy) is 1. The summed E-state index contributed by atoms with van der Waals surface area (Å²) < 4.78 is 7.82. The van der Waals surface area contributed by atoms with Crippen LogP contribution in [0.1, 0.15) is 48.7 Å². The number of non-ortho nitro benzene ring substituents is 1. The predicted octanol–water partition coefficient (Wildman–Crippen LogP) is 5.80. The molecule has 0 saturated heterocycles. The second-order valence-electron chi connectivity index (χ2n) is 9.15. The third-order valence-corrected chi connectivity index (χ3v) is 6.06. The molecule has 7 heteroatoms. The molecule has 0 saturated carbocycles. The molecular formula is C27H28N2O5. The summed E-state index contributed by atoms with van der Waals surface area (Å²) in [5, 5.41) is 22.7.